The smallest absolute Gasteiger partial charge is 0.319 e. The highest BCUT2D eigenvalue weighted by atomic mass is 16.5. The van der Waals surface area contributed by atoms with Gasteiger partial charge in [-0.3, -0.25) is 0 Å². The van der Waals surface area contributed by atoms with Crippen LogP contribution in [0.2, 0.25) is 0 Å². The van der Waals surface area contributed by atoms with E-state index in [4.69, 9.17) is 18.9 Å². The van der Waals surface area contributed by atoms with Crippen LogP contribution in [0.25, 0.3) is 0 Å². The first-order valence-corrected chi connectivity index (χ1v) is 8.09. The van der Waals surface area contributed by atoms with Crippen molar-refractivity contribution in [2.45, 2.75) is 6.42 Å². The summed E-state index contributed by atoms with van der Waals surface area (Å²) in [6.07, 6.45) is 0.572. The molecule has 2 rings (SSSR count). The highest BCUT2D eigenvalue weighted by Crippen LogP contribution is 2.34. The lowest BCUT2D eigenvalue weighted by molar-refractivity contribution is 0.252. The zero-order valence-electron chi connectivity index (χ0n) is 15.4. The monoisotopic (exact) mass is 360 g/mol. The second kappa shape index (κ2) is 9.41. The maximum atomic E-state index is 12.1. The molecule has 0 saturated carbocycles. The summed E-state index contributed by atoms with van der Waals surface area (Å²) in [4.78, 5) is 12.1. The Balaban J connectivity index is 1.97. The number of para-hydroxylation sites is 2. The molecule has 0 heterocycles. The highest BCUT2D eigenvalue weighted by Gasteiger charge is 2.12. The summed E-state index contributed by atoms with van der Waals surface area (Å²) in [7, 11) is 6.29. The number of anilines is 1. The van der Waals surface area contributed by atoms with Crippen LogP contribution < -0.4 is 29.6 Å². The van der Waals surface area contributed by atoms with Crippen LogP contribution in [-0.4, -0.2) is 41.0 Å². The summed E-state index contributed by atoms with van der Waals surface area (Å²) in [5.74, 6) is 2.48. The van der Waals surface area contributed by atoms with Crippen LogP contribution in [0.5, 0.6) is 23.0 Å². The molecule has 2 N–H and O–H groups in total. The number of carbonyl (C=O) groups is 1. The van der Waals surface area contributed by atoms with Crippen LogP contribution >= 0.6 is 0 Å². The van der Waals surface area contributed by atoms with Crippen LogP contribution in [0, 0.1) is 0 Å². The Bertz CT molecular complexity index is 749. The topological polar surface area (TPSA) is 78.0 Å². The third-order valence-corrected chi connectivity index (χ3v) is 3.82. The fraction of sp³-hybridized carbons (Fsp3) is 0.316. The van der Waals surface area contributed by atoms with E-state index in [1.807, 2.05) is 18.2 Å². The van der Waals surface area contributed by atoms with Crippen molar-refractivity contribution in [3.05, 3.63) is 42.0 Å². The Kier molecular flexibility index (Phi) is 6.96. The van der Waals surface area contributed by atoms with E-state index in [0.717, 1.165) is 5.56 Å². The zero-order valence-corrected chi connectivity index (χ0v) is 15.4. The molecule has 0 bridgehead atoms. The average Bonchev–Trinajstić information content (AvgIpc) is 2.67. The first kappa shape index (κ1) is 19.2. The lowest BCUT2D eigenvalue weighted by atomic mass is 10.1. The molecule has 0 unspecified atom stereocenters. The molecule has 0 aliphatic rings. The van der Waals surface area contributed by atoms with E-state index in [1.54, 1.807) is 46.6 Å². The number of carbonyl (C=O) groups excluding carboxylic acids is 1. The van der Waals surface area contributed by atoms with E-state index in [-0.39, 0.29) is 6.03 Å². The second-order valence-corrected chi connectivity index (χ2v) is 5.35. The van der Waals surface area contributed by atoms with Gasteiger partial charge in [-0.25, -0.2) is 4.79 Å². The minimum atomic E-state index is -0.311. The molecular weight excluding hydrogens is 336 g/mol. The summed E-state index contributed by atoms with van der Waals surface area (Å²) < 4.78 is 21.2. The molecule has 0 atom stereocenters. The van der Waals surface area contributed by atoms with Crippen LogP contribution in [0.3, 0.4) is 0 Å². The molecule has 0 fully saturated rings. The SMILES string of the molecule is COc1cc(OC)c(OC)cc1CCNC(=O)Nc1ccccc1OC. The maximum Gasteiger partial charge on any atom is 0.319 e. The van der Waals surface area contributed by atoms with E-state index in [9.17, 15) is 4.79 Å². The van der Waals surface area contributed by atoms with Gasteiger partial charge < -0.3 is 29.6 Å². The molecule has 0 spiro atoms. The molecular formula is C19H24N2O5. The predicted molar refractivity (Wildman–Crippen MR) is 99.8 cm³/mol. The van der Waals surface area contributed by atoms with Gasteiger partial charge in [-0.2, -0.15) is 0 Å². The van der Waals surface area contributed by atoms with E-state index < -0.39 is 0 Å². The molecule has 140 valence electrons. The summed E-state index contributed by atoms with van der Waals surface area (Å²) in [5.41, 5.74) is 1.51. The number of ether oxygens (including phenoxy) is 4. The van der Waals surface area contributed by atoms with Gasteiger partial charge in [-0.05, 0) is 30.2 Å². The normalized spacial score (nSPS) is 10.0. The third-order valence-electron chi connectivity index (χ3n) is 3.82. The van der Waals surface area contributed by atoms with E-state index in [2.05, 4.69) is 10.6 Å². The molecule has 2 aromatic rings. The highest BCUT2D eigenvalue weighted by molar-refractivity contribution is 5.90. The molecule has 0 saturated heterocycles. The number of nitrogens with one attached hydrogen (secondary N) is 2. The quantitative estimate of drug-likeness (QED) is 0.756. The Morgan fingerprint density at radius 3 is 2.12 bits per heavy atom. The lowest BCUT2D eigenvalue weighted by Gasteiger charge is -2.15. The molecule has 2 aromatic carbocycles. The van der Waals surface area contributed by atoms with Crippen molar-refractivity contribution < 1.29 is 23.7 Å². The molecule has 0 aromatic heterocycles. The van der Waals surface area contributed by atoms with E-state index in [0.29, 0.717) is 41.7 Å². The van der Waals surface area contributed by atoms with Crippen molar-refractivity contribution in [3.63, 3.8) is 0 Å². The largest absolute Gasteiger partial charge is 0.496 e. The van der Waals surface area contributed by atoms with Gasteiger partial charge in [0.2, 0.25) is 0 Å². The van der Waals surface area contributed by atoms with Gasteiger partial charge in [0.05, 0.1) is 34.1 Å². The molecule has 26 heavy (non-hydrogen) atoms. The van der Waals surface area contributed by atoms with Crippen molar-refractivity contribution in [3.8, 4) is 23.0 Å². The maximum absolute atomic E-state index is 12.1. The first-order valence-electron chi connectivity index (χ1n) is 8.09. The van der Waals surface area contributed by atoms with Crippen molar-refractivity contribution in [2.75, 3.05) is 40.3 Å². The predicted octanol–water partition coefficient (Wildman–Crippen LogP) is 3.09. The Morgan fingerprint density at radius 1 is 0.846 bits per heavy atom. The number of methoxy groups -OCH3 is 4. The lowest BCUT2D eigenvalue weighted by Crippen LogP contribution is -2.30. The van der Waals surface area contributed by atoms with Crippen LogP contribution in [0.4, 0.5) is 10.5 Å². The fourth-order valence-electron chi connectivity index (χ4n) is 2.51. The number of rotatable bonds is 8. The molecule has 0 aliphatic heterocycles. The van der Waals surface area contributed by atoms with Crippen molar-refractivity contribution >= 4 is 11.7 Å². The molecule has 0 radical (unpaired) electrons. The van der Waals surface area contributed by atoms with Crippen LogP contribution in [0.15, 0.2) is 36.4 Å². The Hall–Kier alpha value is -3.09. The van der Waals surface area contributed by atoms with Gasteiger partial charge >= 0.3 is 6.03 Å². The molecule has 2 amide bonds. The van der Waals surface area contributed by atoms with Crippen LogP contribution in [0.1, 0.15) is 5.56 Å². The van der Waals surface area contributed by atoms with Crippen molar-refractivity contribution in [1.82, 2.24) is 5.32 Å². The number of hydrogen-bond donors (Lipinski definition) is 2. The number of amides is 2. The summed E-state index contributed by atoms with van der Waals surface area (Å²) in [6.45, 7) is 0.423. The van der Waals surface area contributed by atoms with E-state index in [1.165, 1.54) is 0 Å². The minimum absolute atomic E-state index is 0.311. The first-order chi connectivity index (χ1) is 12.6. The summed E-state index contributed by atoms with van der Waals surface area (Å²) >= 11 is 0. The van der Waals surface area contributed by atoms with Crippen molar-refractivity contribution in [1.29, 1.82) is 0 Å². The third kappa shape index (κ3) is 4.72. The van der Waals surface area contributed by atoms with Gasteiger partial charge in [-0.15, -0.1) is 0 Å². The zero-order chi connectivity index (χ0) is 18.9. The van der Waals surface area contributed by atoms with Gasteiger partial charge in [0, 0.05) is 12.6 Å². The van der Waals surface area contributed by atoms with Gasteiger partial charge in [0.25, 0.3) is 0 Å². The van der Waals surface area contributed by atoms with Crippen molar-refractivity contribution in [2.24, 2.45) is 0 Å². The van der Waals surface area contributed by atoms with Crippen LogP contribution in [-0.2, 0) is 6.42 Å². The average molecular weight is 360 g/mol. The number of hydrogen-bond acceptors (Lipinski definition) is 5. The number of benzene rings is 2. The Morgan fingerprint density at radius 2 is 1.46 bits per heavy atom. The molecule has 7 heteroatoms. The minimum Gasteiger partial charge on any atom is -0.496 e. The standard InChI is InChI=1S/C19H24N2O5/c1-23-15-8-6-5-7-14(15)21-19(22)20-10-9-13-11-17(25-3)18(26-4)12-16(13)24-2/h5-8,11-12H,9-10H2,1-4H3,(H2,20,21,22). The van der Waals surface area contributed by atoms with E-state index >= 15 is 0 Å². The molecule has 0 aliphatic carbocycles. The van der Waals surface area contributed by atoms with Gasteiger partial charge in [0.1, 0.15) is 11.5 Å². The second-order valence-electron chi connectivity index (χ2n) is 5.35. The fourth-order valence-corrected chi connectivity index (χ4v) is 2.51. The van der Waals surface area contributed by atoms with Gasteiger partial charge in [-0.1, -0.05) is 12.1 Å². The summed E-state index contributed by atoms with van der Waals surface area (Å²) in [6, 6.07) is 10.5. The Labute approximate surface area is 153 Å². The summed E-state index contributed by atoms with van der Waals surface area (Å²) in [5, 5.41) is 5.58. The molecule has 7 nitrogen and oxygen atoms in total. The van der Waals surface area contributed by atoms with Gasteiger partial charge in [0.15, 0.2) is 11.5 Å². The number of urea groups is 1.